The molecular formula is C12H11BrFNO4. The average molecular weight is 332 g/mol. The monoisotopic (exact) mass is 331 g/mol. The molecular weight excluding hydrogens is 321 g/mol. The number of nitrogens with zero attached hydrogens (tertiary/aromatic N) is 1. The topological polar surface area (TPSA) is 66.8 Å². The minimum Gasteiger partial charge on any atom is -0.479 e. The van der Waals surface area contributed by atoms with Crippen LogP contribution in [0.25, 0.3) is 0 Å². The Hall–Kier alpha value is -1.47. The number of carboxylic acids is 1. The lowest BCUT2D eigenvalue weighted by atomic mass is 10.1. The Labute approximate surface area is 117 Å². The van der Waals surface area contributed by atoms with Crippen molar-refractivity contribution >= 4 is 27.8 Å². The molecule has 5 nitrogen and oxygen atoms in total. The van der Waals surface area contributed by atoms with Gasteiger partial charge in [-0.15, -0.1) is 0 Å². The summed E-state index contributed by atoms with van der Waals surface area (Å²) in [6.45, 7) is 0.401. The van der Waals surface area contributed by atoms with Crippen molar-refractivity contribution in [2.45, 2.75) is 6.10 Å². The van der Waals surface area contributed by atoms with Gasteiger partial charge in [0.05, 0.1) is 13.2 Å². The molecule has 1 unspecified atom stereocenters. The minimum absolute atomic E-state index is 0.0394. The zero-order valence-corrected chi connectivity index (χ0v) is 11.4. The molecule has 1 N–H and O–H groups in total. The number of amides is 1. The fraction of sp³-hybridized carbons (Fsp3) is 0.333. The average Bonchev–Trinajstić information content (AvgIpc) is 2.37. The van der Waals surface area contributed by atoms with Crippen LogP contribution in [0.4, 0.5) is 4.39 Å². The van der Waals surface area contributed by atoms with E-state index < -0.39 is 23.8 Å². The largest absolute Gasteiger partial charge is 0.479 e. The highest BCUT2D eigenvalue weighted by Crippen LogP contribution is 2.17. The van der Waals surface area contributed by atoms with Crippen LogP contribution in [0, 0.1) is 5.82 Å². The van der Waals surface area contributed by atoms with Crippen LogP contribution >= 0.6 is 15.9 Å². The molecule has 0 bridgehead atoms. The van der Waals surface area contributed by atoms with Gasteiger partial charge in [-0.2, -0.15) is 0 Å². The van der Waals surface area contributed by atoms with Crippen LogP contribution in [0.2, 0.25) is 0 Å². The van der Waals surface area contributed by atoms with Gasteiger partial charge in [-0.1, -0.05) is 15.9 Å². The summed E-state index contributed by atoms with van der Waals surface area (Å²) in [7, 11) is 0. The quantitative estimate of drug-likeness (QED) is 0.892. The Balaban J connectivity index is 2.16. The Morgan fingerprint density at radius 2 is 2.16 bits per heavy atom. The molecule has 0 spiro atoms. The van der Waals surface area contributed by atoms with Gasteiger partial charge >= 0.3 is 5.97 Å². The third-order valence-electron chi connectivity index (χ3n) is 2.74. The second kappa shape index (κ2) is 5.66. The van der Waals surface area contributed by atoms with E-state index in [4.69, 9.17) is 9.84 Å². The van der Waals surface area contributed by atoms with Gasteiger partial charge in [-0.3, -0.25) is 4.79 Å². The fourth-order valence-corrected chi connectivity index (χ4v) is 2.31. The van der Waals surface area contributed by atoms with Crippen molar-refractivity contribution in [3.05, 3.63) is 34.1 Å². The van der Waals surface area contributed by atoms with Crippen LogP contribution in [0.15, 0.2) is 22.7 Å². The van der Waals surface area contributed by atoms with Crippen molar-refractivity contribution in [2.75, 3.05) is 19.7 Å². The Bertz CT molecular complexity index is 502. The van der Waals surface area contributed by atoms with E-state index in [2.05, 4.69) is 15.9 Å². The molecule has 19 heavy (non-hydrogen) atoms. The zero-order chi connectivity index (χ0) is 14.0. The number of carboxylic acid groups (broad SMARTS) is 1. The molecule has 102 valence electrons. The molecule has 1 aliphatic heterocycles. The standard InChI is InChI=1S/C12H11BrFNO4/c13-8-3-7(4-9(14)5-8)11(16)15-1-2-19-10(6-15)12(17)18/h3-5,10H,1-2,6H2,(H,17,18). The normalized spacial score (nSPS) is 19.3. The van der Waals surface area contributed by atoms with Gasteiger partial charge < -0.3 is 14.7 Å². The van der Waals surface area contributed by atoms with Crippen molar-refractivity contribution in [1.82, 2.24) is 4.90 Å². The Kier molecular flexibility index (Phi) is 4.16. The summed E-state index contributed by atoms with van der Waals surface area (Å²) in [6, 6.07) is 3.87. The predicted molar refractivity (Wildman–Crippen MR) is 67.4 cm³/mol. The molecule has 2 rings (SSSR count). The SMILES string of the molecule is O=C(O)C1CN(C(=O)c2cc(F)cc(Br)c2)CCO1. The predicted octanol–water partition coefficient (Wildman–Crippen LogP) is 1.51. The summed E-state index contributed by atoms with van der Waals surface area (Å²) in [4.78, 5) is 24.3. The van der Waals surface area contributed by atoms with Crippen molar-refractivity contribution in [3.63, 3.8) is 0 Å². The molecule has 1 aromatic carbocycles. The highest BCUT2D eigenvalue weighted by Gasteiger charge is 2.29. The third kappa shape index (κ3) is 3.30. The van der Waals surface area contributed by atoms with E-state index in [1.807, 2.05) is 0 Å². The van der Waals surface area contributed by atoms with Crippen LogP contribution < -0.4 is 0 Å². The van der Waals surface area contributed by atoms with Crippen LogP contribution in [-0.4, -0.2) is 47.7 Å². The number of aliphatic carboxylic acids is 1. The lowest BCUT2D eigenvalue weighted by Crippen LogP contribution is -2.48. The number of ether oxygens (including phenoxy) is 1. The molecule has 7 heteroatoms. The van der Waals surface area contributed by atoms with E-state index in [-0.39, 0.29) is 25.3 Å². The smallest absolute Gasteiger partial charge is 0.334 e. The van der Waals surface area contributed by atoms with E-state index in [1.165, 1.54) is 17.0 Å². The lowest BCUT2D eigenvalue weighted by Gasteiger charge is -2.30. The maximum atomic E-state index is 13.2. The highest BCUT2D eigenvalue weighted by atomic mass is 79.9. The molecule has 1 atom stereocenters. The number of hydrogen-bond donors (Lipinski definition) is 1. The van der Waals surface area contributed by atoms with E-state index in [0.717, 1.165) is 6.07 Å². The summed E-state index contributed by atoms with van der Waals surface area (Å²) in [5.41, 5.74) is 0.179. The number of benzene rings is 1. The van der Waals surface area contributed by atoms with Crippen molar-refractivity contribution < 1.29 is 23.8 Å². The van der Waals surface area contributed by atoms with Gasteiger partial charge in [0.15, 0.2) is 6.10 Å². The van der Waals surface area contributed by atoms with E-state index in [9.17, 15) is 14.0 Å². The summed E-state index contributed by atoms with van der Waals surface area (Å²) >= 11 is 3.11. The van der Waals surface area contributed by atoms with Crippen molar-refractivity contribution in [2.24, 2.45) is 0 Å². The molecule has 1 amide bonds. The minimum atomic E-state index is -1.11. The second-order valence-electron chi connectivity index (χ2n) is 4.11. The molecule has 1 fully saturated rings. The highest BCUT2D eigenvalue weighted by molar-refractivity contribution is 9.10. The van der Waals surface area contributed by atoms with Crippen LogP contribution in [0.5, 0.6) is 0 Å². The maximum absolute atomic E-state index is 13.2. The van der Waals surface area contributed by atoms with Crippen molar-refractivity contribution in [1.29, 1.82) is 0 Å². The van der Waals surface area contributed by atoms with Gasteiger partial charge in [-0.25, -0.2) is 9.18 Å². The number of hydrogen-bond acceptors (Lipinski definition) is 3. The summed E-state index contributed by atoms with van der Waals surface area (Å²) in [5.74, 6) is -2.05. The molecule has 1 heterocycles. The Morgan fingerprint density at radius 1 is 1.42 bits per heavy atom. The molecule has 0 aromatic heterocycles. The first-order valence-electron chi connectivity index (χ1n) is 5.57. The van der Waals surface area contributed by atoms with Crippen LogP contribution in [0.1, 0.15) is 10.4 Å². The summed E-state index contributed by atoms with van der Waals surface area (Å²) in [6.07, 6.45) is -1.03. The molecule has 1 aliphatic rings. The first-order chi connectivity index (χ1) is 8.97. The van der Waals surface area contributed by atoms with E-state index in [0.29, 0.717) is 4.47 Å². The maximum Gasteiger partial charge on any atom is 0.334 e. The number of morpholine rings is 1. The zero-order valence-electron chi connectivity index (χ0n) is 9.81. The fourth-order valence-electron chi connectivity index (χ4n) is 1.84. The van der Waals surface area contributed by atoms with Gasteiger partial charge in [0, 0.05) is 16.6 Å². The number of halogens is 2. The lowest BCUT2D eigenvalue weighted by molar-refractivity contribution is -0.154. The molecule has 1 aromatic rings. The number of carbonyl (C=O) groups excluding carboxylic acids is 1. The second-order valence-corrected chi connectivity index (χ2v) is 5.02. The number of rotatable bonds is 2. The van der Waals surface area contributed by atoms with E-state index >= 15 is 0 Å². The van der Waals surface area contributed by atoms with Gasteiger partial charge in [0.25, 0.3) is 5.91 Å². The molecule has 0 aliphatic carbocycles. The Morgan fingerprint density at radius 3 is 2.79 bits per heavy atom. The first kappa shape index (κ1) is 14.0. The molecule has 0 saturated carbocycles. The molecule has 0 radical (unpaired) electrons. The summed E-state index contributed by atoms with van der Waals surface area (Å²) < 4.78 is 18.7. The van der Waals surface area contributed by atoms with E-state index in [1.54, 1.807) is 0 Å². The molecule has 1 saturated heterocycles. The first-order valence-corrected chi connectivity index (χ1v) is 6.36. The number of carbonyl (C=O) groups is 2. The van der Waals surface area contributed by atoms with Crippen LogP contribution in [-0.2, 0) is 9.53 Å². The van der Waals surface area contributed by atoms with Crippen molar-refractivity contribution in [3.8, 4) is 0 Å². The van der Waals surface area contributed by atoms with Crippen LogP contribution in [0.3, 0.4) is 0 Å². The van der Waals surface area contributed by atoms with Gasteiger partial charge in [0.1, 0.15) is 5.82 Å². The summed E-state index contributed by atoms with van der Waals surface area (Å²) in [5, 5.41) is 8.87. The van der Waals surface area contributed by atoms with Gasteiger partial charge in [0.2, 0.25) is 0 Å². The van der Waals surface area contributed by atoms with Gasteiger partial charge in [-0.05, 0) is 18.2 Å². The third-order valence-corrected chi connectivity index (χ3v) is 3.20.